The number of rotatable bonds is 5. The van der Waals surface area contributed by atoms with Crippen molar-refractivity contribution in [3.05, 3.63) is 35.0 Å². The highest BCUT2D eigenvalue weighted by Gasteiger charge is 2.20. The van der Waals surface area contributed by atoms with Crippen LogP contribution in [0.4, 0.5) is 0 Å². The second kappa shape index (κ2) is 6.39. The maximum Gasteiger partial charge on any atom is 0.214 e. The van der Waals surface area contributed by atoms with Crippen molar-refractivity contribution in [2.24, 2.45) is 5.92 Å². The van der Waals surface area contributed by atoms with Gasteiger partial charge in [0.25, 0.3) is 0 Å². The molecule has 2 heterocycles. The van der Waals surface area contributed by atoms with Gasteiger partial charge in [-0.2, -0.15) is 14.9 Å². The van der Waals surface area contributed by atoms with Crippen LogP contribution < -0.4 is 4.74 Å². The zero-order valence-electron chi connectivity index (χ0n) is 13.4. The van der Waals surface area contributed by atoms with Gasteiger partial charge in [-0.3, -0.25) is 0 Å². The van der Waals surface area contributed by atoms with Crippen LogP contribution in [0.2, 0.25) is 0 Å². The van der Waals surface area contributed by atoms with Crippen LogP contribution in [0.3, 0.4) is 0 Å². The molecule has 0 saturated carbocycles. The van der Waals surface area contributed by atoms with Crippen LogP contribution >= 0.6 is 11.3 Å². The standard InChI is InChI=1S/C17H18N4OS/c1-4-22-14-8-6-5-7-12(14)16-13(10-18)21-17(19-16)23-15(20-21)9-11(2)3/h5-8,11H,4,9H2,1-3H3. The molecule has 1 aromatic carbocycles. The second-order valence-corrected chi connectivity index (χ2v) is 6.68. The van der Waals surface area contributed by atoms with Crippen LogP contribution in [0.25, 0.3) is 16.2 Å². The third kappa shape index (κ3) is 2.92. The molecule has 0 aliphatic rings. The van der Waals surface area contributed by atoms with E-state index in [1.165, 1.54) is 11.3 Å². The maximum atomic E-state index is 9.59. The Hall–Kier alpha value is -2.39. The first-order valence-electron chi connectivity index (χ1n) is 7.64. The highest BCUT2D eigenvalue weighted by atomic mass is 32.1. The van der Waals surface area contributed by atoms with Gasteiger partial charge in [0.05, 0.1) is 6.61 Å². The van der Waals surface area contributed by atoms with E-state index in [0.717, 1.165) is 27.7 Å². The lowest BCUT2D eigenvalue weighted by Gasteiger charge is -2.08. The highest BCUT2D eigenvalue weighted by Crippen LogP contribution is 2.33. The van der Waals surface area contributed by atoms with Crippen LogP contribution in [0, 0.1) is 17.2 Å². The molecule has 0 aliphatic heterocycles. The van der Waals surface area contributed by atoms with Crippen molar-refractivity contribution in [2.45, 2.75) is 27.2 Å². The lowest BCUT2D eigenvalue weighted by Crippen LogP contribution is -1.98. The molecule has 0 atom stereocenters. The van der Waals surface area contributed by atoms with Crippen LogP contribution in [0.1, 0.15) is 31.5 Å². The van der Waals surface area contributed by atoms with Gasteiger partial charge in [-0.15, -0.1) is 0 Å². The Morgan fingerprint density at radius 3 is 2.83 bits per heavy atom. The molecule has 23 heavy (non-hydrogen) atoms. The number of benzene rings is 1. The molecule has 0 unspecified atom stereocenters. The summed E-state index contributed by atoms with van der Waals surface area (Å²) < 4.78 is 7.32. The van der Waals surface area contributed by atoms with E-state index in [-0.39, 0.29) is 0 Å². The number of nitriles is 1. The lowest BCUT2D eigenvalue weighted by molar-refractivity contribution is 0.341. The van der Waals surface area contributed by atoms with Gasteiger partial charge in [0.15, 0.2) is 5.69 Å². The van der Waals surface area contributed by atoms with Crippen molar-refractivity contribution in [1.82, 2.24) is 14.6 Å². The molecule has 0 N–H and O–H groups in total. The molecule has 0 bridgehead atoms. The summed E-state index contributed by atoms with van der Waals surface area (Å²) in [7, 11) is 0. The average Bonchev–Trinajstić information content (AvgIpc) is 3.04. The molecule has 5 nitrogen and oxygen atoms in total. The third-order valence-corrected chi connectivity index (χ3v) is 4.31. The summed E-state index contributed by atoms with van der Waals surface area (Å²) in [6.07, 6.45) is 0.893. The first-order chi connectivity index (χ1) is 11.1. The monoisotopic (exact) mass is 326 g/mol. The number of ether oxygens (including phenoxy) is 1. The molecule has 0 aliphatic carbocycles. The normalized spacial score (nSPS) is 11.1. The van der Waals surface area contributed by atoms with Gasteiger partial charge in [-0.25, -0.2) is 4.98 Å². The lowest BCUT2D eigenvalue weighted by atomic mass is 10.1. The SMILES string of the molecule is CCOc1ccccc1-c1nc2sc(CC(C)C)nn2c1C#N. The molecule has 3 rings (SSSR count). The number of fused-ring (bicyclic) bond motifs is 1. The second-order valence-electron chi connectivity index (χ2n) is 5.64. The zero-order valence-corrected chi connectivity index (χ0v) is 14.2. The summed E-state index contributed by atoms with van der Waals surface area (Å²) in [5.41, 5.74) is 1.92. The number of para-hydroxylation sites is 1. The largest absolute Gasteiger partial charge is 0.493 e. The molecule has 0 amide bonds. The Balaban J connectivity index is 2.12. The summed E-state index contributed by atoms with van der Waals surface area (Å²) >= 11 is 1.54. The average molecular weight is 326 g/mol. The Labute approximate surface area is 139 Å². The molecule has 6 heteroatoms. The highest BCUT2D eigenvalue weighted by molar-refractivity contribution is 7.16. The van der Waals surface area contributed by atoms with E-state index >= 15 is 0 Å². The van der Waals surface area contributed by atoms with Crippen molar-refractivity contribution in [1.29, 1.82) is 5.26 Å². The zero-order chi connectivity index (χ0) is 16.4. The van der Waals surface area contributed by atoms with Gasteiger partial charge < -0.3 is 4.74 Å². The van der Waals surface area contributed by atoms with E-state index in [0.29, 0.717) is 23.9 Å². The van der Waals surface area contributed by atoms with E-state index in [1.807, 2.05) is 31.2 Å². The fourth-order valence-electron chi connectivity index (χ4n) is 2.45. The smallest absolute Gasteiger partial charge is 0.214 e. The first-order valence-corrected chi connectivity index (χ1v) is 8.46. The Morgan fingerprint density at radius 2 is 2.13 bits per heavy atom. The fourth-order valence-corrected chi connectivity index (χ4v) is 3.56. The van der Waals surface area contributed by atoms with Gasteiger partial charge in [0, 0.05) is 12.0 Å². The predicted octanol–water partition coefficient (Wildman–Crippen LogP) is 3.93. The van der Waals surface area contributed by atoms with Crippen molar-refractivity contribution < 1.29 is 4.74 Å². The van der Waals surface area contributed by atoms with Crippen LogP contribution in [-0.4, -0.2) is 21.2 Å². The topological polar surface area (TPSA) is 63.2 Å². The molecule has 118 valence electrons. The van der Waals surface area contributed by atoms with Gasteiger partial charge in [-0.1, -0.05) is 37.3 Å². The first kappa shape index (κ1) is 15.5. The quantitative estimate of drug-likeness (QED) is 0.713. The van der Waals surface area contributed by atoms with Crippen molar-refractivity contribution in [3.8, 4) is 23.1 Å². The van der Waals surface area contributed by atoms with Gasteiger partial charge in [-0.05, 0) is 25.0 Å². The molecule has 0 radical (unpaired) electrons. The van der Waals surface area contributed by atoms with E-state index in [4.69, 9.17) is 4.74 Å². The molecular formula is C17H18N4OS. The van der Waals surface area contributed by atoms with E-state index < -0.39 is 0 Å². The summed E-state index contributed by atoms with van der Waals surface area (Å²) in [5, 5.41) is 15.1. The van der Waals surface area contributed by atoms with Gasteiger partial charge in [0.2, 0.25) is 4.96 Å². The Bertz CT molecular complexity index is 872. The number of hydrogen-bond donors (Lipinski definition) is 0. The summed E-state index contributed by atoms with van der Waals surface area (Å²) in [4.78, 5) is 5.39. The van der Waals surface area contributed by atoms with Crippen LogP contribution in [-0.2, 0) is 6.42 Å². The van der Waals surface area contributed by atoms with E-state index in [2.05, 4.69) is 30.0 Å². The summed E-state index contributed by atoms with van der Waals surface area (Å²) in [6, 6.07) is 9.90. The molecule has 2 aromatic heterocycles. The minimum absolute atomic E-state index is 0.457. The molecule has 3 aromatic rings. The van der Waals surface area contributed by atoms with Gasteiger partial charge >= 0.3 is 0 Å². The van der Waals surface area contributed by atoms with E-state index in [9.17, 15) is 5.26 Å². The number of nitrogens with zero attached hydrogens (tertiary/aromatic N) is 4. The van der Waals surface area contributed by atoms with Crippen molar-refractivity contribution in [3.63, 3.8) is 0 Å². The number of imidazole rings is 1. The number of aromatic nitrogens is 3. The van der Waals surface area contributed by atoms with Crippen molar-refractivity contribution in [2.75, 3.05) is 6.61 Å². The van der Waals surface area contributed by atoms with Crippen molar-refractivity contribution >= 4 is 16.3 Å². The Kier molecular flexibility index (Phi) is 4.30. The van der Waals surface area contributed by atoms with Crippen LogP contribution in [0.15, 0.2) is 24.3 Å². The minimum atomic E-state index is 0.457. The summed E-state index contributed by atoms with van der Waals surface area (Å²) in [5.74, 6) is 1.26. The van der Waals surface area contributed by atoms with Crippen LogP contribution in [0.5, 0.6) is 5.75 Å². The Morgan fingerprint density at radius 1 is 1.35 bits per heavy atom. The summed E-state index contributed by atoms with van der Waals surface area (Å²) in [6.45, 7) is 6.81. The molecular weight excluding hydrogens is 308 g/mol. The molecule has 0 fully saturated rings. The molecule has 0 spiro atoms. The third-order valence-electron chi connectivity index (χ3n) is 3.38. The molecule has 0 saturated heterocycles. The van der Waals surface area contributed by atoms with E-state index in [1.54, 1.807) is 4.52 Å². The minimum Gasteiger partial charge on any atom is -0.493 e. The maximum absolute atomic E-state index is 9.59. The van der Waals surface area contributed by atoms with Gasteiger partial charge in [0.1, 0.15) is 22.5 Å². The predicted molar refractivity (Wildman–Crippen MR) is 90.7 cm³/mol. The fraction of sp³-hybridized carbons (Fsp3) is 0.353. The number of hydrogen-bond acceptors (Lipinski definition) is 5.